The Balaban J connectivity index is 2.71. The maximum atomic E-state index is 5.79. The van der Waals surface area contributed by atoms with E-state index in [1.54, 1.807) is 18.6 Å². The summed E-state index contributed by atoms with van der Waals surface area (Å²) in [6.45, 7) is 4.20. The van der Waals surface area contributed by atoms with Crippen LogP contribution in [0.15, 0.2) is 18.6 Å². The quantitative estimate of drug-likeness (QED) is 0.700. The van der Waals surface area contributed by atoms with Crippen LogP contribution in [0.3, 0.4) is 0 Å². The van der Waals surface area contributed by atoms with Gasteiger partial charge in [-0.1, -0.05) is 25.4 Å². The van der Waals surface area contributed by atoms with E-state index in [9.17, 15) is 0 Å². The first-order valence-corrected chi connectivity index (χ1v) is 4.55. The van der Waals surface area contributed by atoms with Crippen molar-refractivity contribution in [1.29, 1.82) is 0 Å². The fourth-order valence-electron chi connectivity index (χ4n) is 1.32. The third-order valence-electron chi connectivity index (χ3n) is 1.93. The van der Waals surface area contributed by atoms with Crippen molar-refractivity contribution in [2.75, 3.05) is 0 Å². The summed E-state index contributed by atoms with van der Waals surface area (Å²) in [5.74, 6) is 1.40. The van der Waals surface area contributed by atoms with Crippen LogP contribution in [0.1, 0.15) is 25.6 Å². The van der Waals surface area contributed by atoms with Crippen LogP contribution in [0.5, 0.6) is 0 Å². The van der Waals surface area contributed by atoms with Crippen molar-refractivity contribution in [3.63, 3.8) is 0 Å². The molecular weight excluding hydrogens is 186 g/mol. The van der Waals surface area contributed by atoms with E-state index in [1.807, 2.05) is 4.40 Å². The molecule has 0 saturated carbocycles. The van der Waals surface area contributed by atoms with Crippen molar-refractivity contribution in [2.24, 2.45) is 0 Å². The van der Waals surface area contributed by atoms with Crippen molar-refractivity contribution in [3.8, 4) is 0 Å². The number of rotatable bonds is 1. The fourth-order valence-corrected chi connectivity index (χ4v) is 1.47. The zero-order valence-corrected chi connectivity index (χ0v) is 8.28. The molecule has 0 radical (unpaired) electrons. The second-order valence-corrected chi connectivity index (χ2v) is 3.66. The third kappa shape index (κ3) is 1.40. The first kappa shape index (κ1) is 8.51. The number of hydrogen-bond donors (Lipinski definition) is 0. The molecule has 0 aliphatic rings. The van der Waals surface area contributed by atoms with Crippen molar-refractivity contribution in [1.82, 2.24) is 14.4 Å². The molecule has 0 aliphatic carbocycles. The Morgan fingerprint density at radius 2 is 2.00 bits per heavy atom. The van der Waals surface area contributed by atoms with Crippen LogP contribution in [0.25, 0.3) is 5.52 Å². The van der Waals surface area contributed by atoms with Gasteiger partial charge in [0, 0.05) is 12.1 Å². The van der Waals surface area contributed by atoms with E-state index in [-0.39, 0.29) is 0 Å². The second-order valence-electron chi connectivity index (χ2n) is 3.28. The summed E-state index contributed by atoms with van der Waals surface area (Å²) >= 11 is 5.79. The molecule has 2 rings (SSSR count). The van der Waals surface area contributed by atoms with E-state index in [0.29, 0.717) is 11.1 Å². The zero-order chi connectivity index (χ0) is 9.42. The standard InChI is InChI=1S/C9H10ClN3/c1-6(2)9-12-4-7-3-11-8(10)5-13(7)9/h3-6H,1-2H3. The van der Waals surface area contributed by atoms with Crippen molar-refractivity contribution in [3.05, 3.63) is 29.6 Å². The number of imidazole rings is 1. The van der Waals surface area contributed by atoms with Gasteiger partial charge in [0.15, 0.2) is 0 Å². The number of hydrogen-bond acceptors (Lipinski definition) is 2. The molecule has 0 aliphatic heterocycles. The largest absolute Gasteiger partial charge is 0.299 e. The molecule has 13 heavy (non-hydrogen) atoms. The monoisotopic (exact) mass is 195 g/mol. The maximum Gasteiger partial charge on any atom is 0.145 e. The summed E-state index contributed by atoms with van der Waals surface area (Å²) in [6, 6.07) is 0. The van der Waals surface area contributed by atoms with E-state index in [1.165, 1.54) is 0 Å². The van der Waals surface area contributed by atoms with Crippen molar-refractivity contribution in [2.45, 2.75) is 19.8 Å². The maximum absolute atomic E-state index is 5.79. The molecule has 3 nitrogen and oxygen atoms in total. The van der Waals surface area contributed by atoms with Gasteiger partial charge in [-0.3, -0.25) is 4.40 Å². The molecule has 0 atom stereocenters. The molecule has 68 valence electrons. The molecule has 0 bridgehead atoms. The van der Waals surface area contributed by atoms with Gasteiger partial charge in [0.05, 0.1) is 17.9 Å². The lowest BCUT2D eigenvalue weighted by Gasteiger charge is -2.03. The Kier molecular flexibility index (Phi) is 1.96. The van der Waals surface area contributed by atoms with Crippen molar-refractivity contribution >= 4 is 17.1 Å². The Morgan fingerprint density at radius 1 is 1.31 bits per heavy atom. The third-order valence-corrected chi connectivity index (χ3v) is 2.12. The molecule has 2 aromatic rings. The molecule has 0 N–H and O–H groups in total. The van der Waals surface area contributed by atoms with Gasteiger partial charge < -0.3 is 0 Å². The van der Waals surface area contributed by atoms with Gasteiger partial charge in [-0.2, -0.15) is 0 Å². The number of nitrogens with zero attached hydrogens (tertiary/aromatic N) is 3. The molecule has 2 aromatic heterocycles. The summed E-state index contributed by atoms with van der Waals surface area (Å²) in [5.41, 5.74) is 0.980. The van der Waals surface area contributed by atoms with E-state index < -0.39 is 0 Å². The second kappa shape index (κ2) is 3.00. The van der Waals surface area contributed by atoms with E-state index in [4.69, 9.17) is 11.6 Å². The van der Waals surface area contributed by atoms with Crippen LogP contribution >= 0.6 is 11.6 Å². The van der Waals surface area contributed by atoms with E-state index in [2.05, 4.69) is 23.8 Å². The molecule has 0 amide bonds. The first-order valence-electron chi connectivity index (χ1n) is 4.17. The highest BCUT2D eigenvalue weighted by Crippen LogP contribution is 2.16. The molecule has 0 spiro atoms. The number of halogens is 1. The van der Waals surface area contributed by atoms with Gasteiger partial charge in [0.2, 0.25) is 0 Å². The van der Waals surface area contributed by atoms with Crippen LogP contribution in [0, 0.1) is 0 Å². The minimum Gasteiger partial charge on any atom is -0.299 e. The van der Waals surface area contributed by atoms with Gasteiger partial charge in [-0.05, 0) is 0 Å². The molecular formula is C9H10ClN3. The van der Waals surface area contributed by atoms with Gasteiger partial charge in [0.25, 0.3) is 0 Å². The minimum absolute atomic E-state index is 0.390. The summed E-state index contributed by atoms with van der Waals surface area (Å²) < 4.78 is 1.97. The van der Waals surface area contributed by atoms with Gasteiger partial charge in [0.1, 0.15) is 11.0 Å². The summed E-state index contributed by atoms with van der Waals surface area (Å²) in [5, 5.41) is 0.493. The zero-order valence-electron chi connectivity index (χ0n) is 7.53. The lowest BCUT2D eigenvalue weighted by atomic mass is 10.2. The highest BCUT2D eigenvalue weighted by molar-refractivity contribution is 6.29. The van der Waals surface area contributed by atoms with Crippen LogP contribution in [0.4, 0.5) is 0 Å². The van der Waals surface area contributed by atoms with E-state index >= 15 is 0 Å². The smallest absolute Gasteiger partial charge is 0.145 e. The normalized spacial score (nSPS) is 11.4. The van der Waals surface area contributed by atoms with E-state index in [0.717, 1.165) is 11.3 Å². The highest BCUT2D eigenvalue weighted by Gasteiger charge is 2.07. The average Bonchev–Trinajstić information content (AvgIpc) is 2.46. The number of aromatic nitrogens is 3. The van der Waals surface area contributed by atoms with Crippen LogP contribution < -0.4 is 0 Å². The molecule has 0 fully saturated rings. The lowest BCUT2D eigenvalue weighted by molar-refractivity contribution is 0.769. The summed E-state index contributed by atoms with van der Waals surface area (Å²) in [4.78, 5) is 8.28. The topological polar surface area (TPSA) is 30.2 Å². The molecule has 4 heteroatoms. The van der Waals surface area contributed by atoms with Gasteiger partial charge in [-0.15, -0.1) is 0 Å². The number of fused-ring (bicyclic) bond motifs is 1. The van der Waals surface area contributed by atoms with Crippen molar-refractivity contribution < 1.29 is 0 Å². The SMILES string of the molecule is CC(C)c1ncc2cnc(Cl)cn12. The predicted molar refractivity (Wildman–Crippen MR) is 52.1 cm³/mol. The Bertz CT molecular complexity index is 433. The van der Waals surface area contributed by atoms with Gasteiger partial charge in [-0.25, -0.2) is 9.97 Å². The first-order chi connectivity index (χ1) is 6.18. The molecule has 0 unspecified atom stereocenters. The lowest BCUT2D eigenvalue weighted by Crippen LogP contribution is -1.97. The Labute approximate surface area is 81.4 Å². The molecule has 0 aromatic carbocycles. The predicted octanol–water partition coefficient (Wildman–Crippen LogP) is 2.51. The molecule has 2 heterocycles. The Hall–Kier alpha value is -1.09. The molecule has 0 saturated heterocycles. The highest BCUT2D eigenvalue weighted by atomic mass is 35.5. The fraction of sp³-hybridized carbons (Fsp3) is 0.333. The van der Waals surface area contributed by atoms with Crippen LogP contribution in [-0.4, -0.2) is 14.4 Å². The summed E-state index contributed by atoms with van der Waals surface area (Å²) in [6.07, 6.45) is 5.32. The summed E-state index contributed by atoms with van der Waals surface area (Å²) in [7, 11) is 0. The average molecular weight is 196 g/mol. The minimum atomic E-state index is 0.390. The van der Waals surface area contributed by atoms with Crippen LogP contribution in [0.2, 0.25) is 5.15 Å². The Morgan fingerprint density at radius 3 is 2.69 bits per heavy atom. The van der Waals surface area contributed by atoms with Gasteiger partial charge >= 0.3 is 0 Å². The van der Waals surface area contributed by atoms with Crippen LogP contribution in [-0.2, 0) is 0 Å².